The van der Waals surface area contributed by atoms with Crippen LogP contribution in [0.1, 0.15) is 25.3 Å². The maximum absolute atomic E-state index is 14.0. The van der Waals surface area contributed by atoms with Crippen LogP contribution in [-0.2, 0) is 9.47 Å². The van der Waals surface area contributed by atoms with Gasteiger partial charge < -0.3 is 19.3 Å². The van der Waals surface area contributed by atoms with E-state index < -0.39 is 59.5 Å². The molecule has 0 radical (unpaired) electrons. The first-order valence-corrected chi connectivity index (χ1v) is 7.63. The number of hydrogen-bond donors (Lipinski definition) is 1. The van der Waals surface area contributed by atoms with Gasteiger partial charge in [0.05, 0.1) is 13.2 Å². The lowest BCUT2D eigenvalue weighted by Gasteiger charge is -2.32. The fraction of sp³-hybridized carbons (Fsp3) is 0.625. The van der Waals surface area contributed by atoms with Crippen molar-refractivity contribution >= 4 is 0 Å². The Kier molecular flexibility index (Phi) is 4.24. The van der Waals surface area contributed by atoms with Crippen LogP contribution in [0.4, 0.5) is 22.0 Å². The second-order valence-corrected chi connectivity index (χ2v) is 6.48. The summed E-state index contributed by atoms with van der Waals surface area (Å²) < 4.78 is 83.3. The van der Waals surface area contributed by atoms with Gasteiger partial charge in [-0.05, 0) is 13.0 Å². The third-order valence-electron chi connectivity index (χ3n) is 5.17. The first kappa shape index (κ1) is 18.3. The monoisotopic (exact) mass is 368 g/mol. The zero-order valence-corrected chi connectivity index (χ0v) is 13.6. The highest BCUT2D eigenvalue weighted by molar-refractivity contribution is 5.41. The van der Waals surface area contributed by atoms with Gasteiger partial charge in [-0.3, -0.25) is 0 Å². The molecule has 0 amide bonds. The van der Waals surface area contributed by atoms with Crippen LogP contribution >= 0.6 is 0 Å². The number of aliphatic hydroxyl groups is 1. The van der Waals surface area contributed by atoms with Gasteiger partial charge in [0.25, 0.3) is 0 Å². The van der Waals surface area contributed by atoms with Crippen molar-refractivity contribution in [3.05, 3.63) is 29.3 Å². The summed E-state index contributed by atoms with van der Waals surface area (Å²) in [4.78, 5) is 0. The normalized spacial score (nSPS) is 38.0. The van der Waals surface area contributed by atoms with Gasteiger partial charge in [-0.1, -0.05) is 13.0 Å². The van der Waals surface area contributed by atoms with E-state index in [1.807, 2.05) is 0 Å². The molecule has 6 atom stereocenters. The lowest BCUT2D eigenvalue weighted by atomic mass is 9.76. The molecule has 4 nitrogen and oxygen atoms in total. The number of aliphatic hydroxyl groups excluding tert-OH is 1. The van der Waals surface area contributed by atoms with Gasteiger partial charge in [-0.15, -0.1) is 0 Å². The maximum atomic E-state index is 14.0. The molecule has 1 aromatic carbocycles. The van der Waals surface area contributed by atoms with E-state index in [1.54, 1.807) is 0 Å². The quantitative estimate of drug-likeness (QED) is 0.658. The van der Waals surface area contributed by atoms with E-state index >= 15 is 0 Å². The maximum Gasteiger partial charge on any atom is 0.417 e. The minimum atomic E-state index is -4.70. The summed E-state index contributed by atoms with van der Waals surface area (Å²) in [5, 5.41) is 9.49. The second kappa shape index (κ2) is 5.78. The minimum Gasteiger partial charge on any atom is -0.493 e. The largest absolute Gasteiger partial charge is 0.493 e. The first-order valence-electron chi connectivity index (χ1n) is 7.63. The van der Waals surface area contributed by atoms with Gasteiger partial charge in [-0.2, -0.15) is 17.6 Å². The molecule has 0 bridgehead atoms. The molecule has 2 unspecified atom stereocenters. The molecular formula is C16H17F5O4. The fourth-order valence-corrected chi connectivity index (χ4v) is 3.51. The molecular weight excluding hydrogens is 351 g/mol. The Morgan fingerprint density at radius 3 is 2.28 bits per heavy atom. The molecule has 0 aliphatic carbocycles. The van der Waals surface area contributed by atoms with Crippen LogP contribution in [0.2, 0.25) is 0 Å². The zero-order chi connectivity index (χ0) is 18.7. The number of benzene rings is 1. The van der Waals surface area contributed by atoms with E-state index in [2.05, 4.69) is 0 Å². The highest BCUT2D eigenvalue weighted by Gasteiger charge is 2.68. The molecule has 2 aliphatic rings. The highest BCUT2D eigenvalue weighted by Crippen LogP contribution is 2.57. The van der Waals surface area contributed by atoms with E-state index in [9.17, 15) is 27.1 Å². The highest BCUT2D eigenvalue weighted by atomic mass is 19.4. The van der Waals surface area contributed by atoms with Crippen molar-refractivity contribution in [1.82, 2.24) is 0 Å². The summed E-state index contributed by atoms with van der Waals surface area (Å²) in [5.41, 5.74) is -2.50. The predicted octanol–water partition coefficient (Wildman–Crippen LogP) is 3.13. The number of methoxy groups -OCH3 is 1. The molecule has 2 saturated heterocycles. The molecule has 140 valence electrons. The number of ether oxygens (including phenoxy) is 3. The topological polar surface area (TPSA) is 51.2 Å². The predicted molar refractivity (Wildman–Crippen MR) is 75.0 cm³/mol. The Bertz CT molecular complexity index is 679. The molecule has 1 N–H and O–H groups in total. The van der Waals surface area contributed by atoms with Crippen LogP contribution < -0.4 is 4.74 Å². The van der Waals surface area contributed by atoms with Crippen LogP contribution in [0.3, 0.4) is 0 Å². The van der Waals surface area contributed by atoms with E-state index in [1.165, 1.54) is 13.0 Å². The Morgan fingerprint density at radius 1 is 1.20 bits per heavy atom. The van der Waals surface area contributed by atoms with Crippen LogP contribution in [0, 0.1) is 17.6 Å². The molecule has 3 rings (SSSR count). The third kappa shape index (κ3) is 2.69. The van der Waals surface area contributed by atoms with Crippen molar-refractivity contribution in [2.75, 3.05) is 7.11 Å². The molecule has 0 spiro atoms. The van der Waals surface area contributed by atoms with Crippen LogP contribution in [0.15, 0.2) is 12.1 Å². The average molecular weight is 368 g/mol. The average Bonchev–Trinajstić information content (AvgIpc) is 3.18. The summed E-state index contributed by atoms with van der Waals surface area (Å²) in [6.07, 6.45) is -8.12. The summed E-state index contributed by atoms with van der Waals surface area (Å²) in [6.45, 7) is 2.21. The molecule has 9 heteroatoms. The Hall–Kier alpha value is -1.45. The molecule has 0 saturated carbocycles. The van der Waals surface area contributed by atoms with Crippen molar-refractivity contribution < 1.29 is 41.3 Å². The van der Waals surface area contributed by atoms with Gasteiger partial charge in [0.2, 0.25) is 5.82 Å². The van der Waals surface area contributed by atoms with Crippen molar-refractivity contribution in [3.63, 3.8) is 0 Å². The molecule has 25 heavy (non-hydrogen) atoms. The zero-order valence-electron chi connectivity index (χ0n) is 13.6. The van der Waals surface area contributed by atoms with Gasteiger partial charge in [0.1, 0.15) is 6.10 Å². The molecule has 2 fully saturated rings. The number of halogens is 5. The summed E-state index contributed by atoms with van der Waals surface area (Å²) in [5.74, 6) is -5.12. The SMILES string of the molecule is COc1c([C@H]2[C@H](C3OC3O)O[C@@](C)(C(F)(F)F)[C@H]2C)ccc(F)c1F. The second-order valence-electron chi connectivity index (χ2n) is 6.48. The molecule has 1 aromatic rings. The number of epoxide rings is 1. The van der Waals surface area contributed by atoms with Crippen LogP contribution in [0.25, 0.3) is 0 Å². The number of alkyl halides is 3. The van der Waals surface area contributed by atoms with Crippen molar-refractivity contribution in [2.24, 2.45) is 5.92 Å². The van der Waals surface area contributed by atoms with Crippen LogP contribution in [-0.4, -0.2) is 42.5 Å². The summed E-state index contributed by atoms with van der Waals surface area (Å²) in [7, 11) is 1.10. The fourth-order valence-electron chi connectivity index (χ4n) is 3.51. The Labute approximate surface area is 140 Å². The van der Waals surface area contributed by atoms with Gasteiger partial charge >= 0.3 is 6.18 Å². The van der Waals surface area contributed by atoms with Crippen molar-refractivity contribution in [2.45, 2.75) is 50.0 Å². The minimum absolute atomic E-state index is 0.0366. The molecule has 0 aromatic heterocycles. The Balaban J connectivity index is 2.11. The number of hydrogen-bond acceptors (Lipinski definition) is 4. The smallest absolute Gasteiger partial charge is 0.417 e. The van der Waals surface area contributed by atoms with E-state index in [0.29, 0.717) is 0 Å². The number of rotatable bonds is 3. The van der Waals surface area contributed by atoms with Gasteiger partial charge in [0.15, 0.2) is 23.5 Å². The van der Waals surface area contributed by atoms with Crippen LogP contribution in [0.5, 0.6) is 5.75 Å². The van der Waals surface area contributed by atoms with E-state index in [-0.39, 0.29) is 5.56 Å². The Morgan fingerprint density at radius 2 is 1.80 bits per heavy atom. The van der Waals surface area contributed by atoms with Gasteiger partial charge in [0, 0.05) is 17.4 Å². The lowest BCUT2D eigenvalue weighted by Crippen LogP contribution is -2.47. The lowest BCUT2D eigenvalue weighted by molar-refractivity contribution is -0.275. The standard InChI is InChI=1S/C16H17F5O4/c1-6-9(7-4-5-8(17)10(18)11(7)23-3)12(13-14(22)24-13)25-15(6,2)16(19,20)21/h4-6,9,12-14,22H,1-3H3/t6-,9-,12+,13?,14?,15+/m0/s1. The molecule has 2 heterocycles. The summed E-state index contributed by atoms with van der Waals surface area (Å²) >= 11 is 0. The summed E-state index contributed by atoms with van der Waals surface area (Å²) in [6, 6.07) is 2.00. The first-order chi connectivity index (χ1) is 11.5. The van der Waals surface area contributed by atoms with Crippen molar-refractivity contribution in [1.29, 1.82) is 0 Å². The van der Waals surface area contributed by atoms with E-state index in [4.69, 9.17) is 14.2 Å². The molecule has 2 aliphatic heterocycles. The van der Waals surface area contributed by atoms with E-state index in [0.717, 1.165) is 20.1 Å². The third-order valence-corrected chi connectivity index (χ3v) is 5.17. The van der Waals surface area contributed by atoms with Gasteiger partial charge in [-0.25, -0.2) is 4.39 Å². The van der Waals surface area contributed by atoms with Crippen molar-refractivity contribution in [3.8, 4) is 5.75 Å².